The number of nitrogens with one attached hydrogen (secondary N) is 3. The van der Waals surface area contributed by atoms with Gasteiger partial charge in [-0.2, -0.15) is 8.78 Å². The van der Waals surface area contributed by atoms with Gasteiger partial charge in [-0.05, 0) is 109 Å². The third kappa shape index (κ3) is 5.42. The Bertz CT molecular complexity index is 2380. The van der Waals surface area contributed by atoms with Crippen molar-refractivity contribution in [1.82, 2.24) is 35.1 Å². The summed E-state index contributed by atoms with van der Waals surface area (Å²) < 4.78 is 37.7. The molecule has 0 radical (unpaired) electrons. The molecule has 3 aromatic carbocycles. The van der Waals surface area contributed by atoms with Crippen molar-refractivity contribution >= 4 is 23.0 Å². The number of nitrogens with zero attached hydrogens (tertiary/aromatic N) is 4. The highest BCUT2D eigenvalue weighted by atomic mass is 19.3. The van der Waals surface area contributed by atoms with Gasteiger partial charge in [-0.15, -0.1) is 0 Å². The highest BCUT2D eigenvalue weighted by Gasteiger charge is 2.55. The van der Waals surface area contributed by atoms with Crippen LogP contribution in [0.1, 0.15) is 87.2 Å². The Balaban J connectivity index is 0.914. The number of hydrogen-bond donors (Lipinski definition) is 3. The van der Waals surface area contributed by atoms with E-state index >= 15 is 8.78 Å². The lowest BCUT2D eigenvalue weighted by molar-refractivity contribution is -0.135. The molecule has 1 spiro atoms. The predicted octanol–water partition coefficient (Wildman–Crippen LogP) is 8.33. The monoisotopic (exact) mass is 745 g/mol. The first-order chi connectivity index (χ1) is 26.4. The number of likely N-dealkylation sites (tertiary alicyclic amines) is 2. The van der Waals surface area contributed by atoms with Gasteiger partial charge in [0.1, 0.15) is 17.7 Å². The summed E-state index contributed by atoms with van der Waals surface area (Å²) in [5.74, 6) is -1.32. The molecule has 4 heterocycles. The Morgan fingerprint density at radius 1 is 0.945 bits per heavy atom. The molecule has 2 bridgehead atoms. The van der Waals surface area contributed by atoms with Crippen LogP contribution in [0.2, 0.25) is 0 Å². The highest BCUT2D eigenvalue weighted by molar-refractivity contribution is 5.88. The van der Waals surface area contributed by atoms with Gasteiger partial charge < -0.3 is 24.9 Å². The lowest BCUT2D eigenvalue weighted by Crippen LogP contribution is -2.51. The summed E-state index contributed by atoms with van der Waals surface area (Å²) in [6, 6.07) is 16.4. The fourth-order valence-corrected chi connectivity index (χ4v) is 10.1. The Morgan fingerprint density at radius 3 is 2.35 bits per heavy atom. The number of carbonyl (C=O) groups is 2. The Labute approximate surface area is 318 Å². The van der Waals surface area contributed by atoms with E-state index in [4.69, 9.17) is 14.7 Å². The number of halogens is 2. The average Bonchev–Trinajstić information content (AvgIpc) is 3.81. The number of methoxy groups -OCH3 is 1. The first kappa shape index (κ1) is 34.4. The van der Waals surface area contributed by atoms with Crippen LogP contribution in [0, 0.1) is 17.3 Å². The standard InChI is InChI=1S/C43H45F2N7O3/c1-22(2)36(50-41(54)55-4)40(53)52-21-42(13-14-42)19-35(52)38-46-20-34(49-38)25-7-11-29-28-10-6-23(16-30(28)43(44,45)31(29)17-25)24-8-12-32-33(18-24)48-39(47-32)37-26-5-9-27(15-26)51(37)3/h6-8,10-12,16-18,20,22,26-27,35-37H,5,9,13-15,19,21H2,1-4H3,(H,46,49)(H,47,48)(H,50,54)/t26-,27+,35-,36?,37?/m0/s1. The third-order valence-electron chi connectivity index (χ3n) is 13.4. The third-order valence-corrected chi connectivity index (χ3v) is 13.4. The Hall–Kier alpha value is -5.10. The van der Waals surface area contributed by atoms with Gasteiger partial charge in [0.05, 0.1) is 42.1 Å². The molecule has 10 nitrogen and oxygen atoms in total. The van der Waals surface area contributed by atoms with E-state index in [1.807, 2.05) is 55.1 Å². The predicted molar refractivity (Wildman–Crippen MR) is 204 cm³/mol. The highest BCUT2D eigenvalue weighted by Crippen LogP contribution is 2.59. The zero-order valence-electron chi connectivity index (χ0n) is 31.5. The van der Waals surface area contributed by atoms with Crippen molar-refractivity contribution in [2.24, 2.45) is 17.3 Å². The van der Waals surface area contributed by atoms with Crippen LogP contribution in [-0.4, -0.2) is 74.5 Å². The van der Waals surface area contributed by atoms with Crippen LogP contribution in [-0.2, 0) is 15.5 Å². The van der Waals surface area contributed by atoms with Crippen molar-refractivity contribution in [3.63, 3.8) is 0 Å². The SMILES string of the molecule is COC(=O)NC(C(=O)N1CC2(CC2)C[C@H]1c1ncc(-c2ccc3c(c2)C(F)(F)c2cc(-c4ccc5nc(C6[C@H]7CC[C@H](C7)N6C)[nH]c5c4)ccc2-3)[nH]1)C(C)C. The summed E-state index contributed by atoms with van der Waals surface area (Å²) in [5.41, 5.74) is 5.62. The maximum absolute atomic E-state index is 16.5. The van der Waals surface area contributed by atoms with Crippen molar-refractivity contribution in [2.75, 3.05) is 20.7 Å². The van der Waals surface area contributed by atoms with Crippen molar-refractivity contribution < 1.29 is 23.1 Å². The number of rotatable bonds is 7. The molecule has 284 valence electrons. The van der Waals surface area contributed by atoms with Crippen LogP contribution < -0.4 is 5.32 Å². The number of aromatic nitrogens is 4. The second-order valence-electron chi connectivity index (χ2n) is 17.0. The van der Waals surface area contributed by atoms with E-state index in [2.05, 4.69) is 27.2 Å². The van der Waals surface area contributed by atoms with E-state index in [-0.39, 0.29) is 34.4 Å². The lowest BCUT2D eigenvalue weighted by Gasteiger charge is -2.30. The minimum Gasteiger partial charge on any atom is -0.453 e. The second-order valence-corrected chi connectivity index (χ2v) is 17.0. The smallest absolute Gasteiger partial charge is 0.407 e. The summed E-state index contributed by atoms with van der Waals surface area (Å²) in [4.78, 5) is 46.9. The fourth-order valence-electron chi connectivity index (χ4n) is 10.1. The summed E-state index contributed by atoms with van der Waals surface area (Å²) in [6.45, 7) is 4.36. The molecule has 10 rings (SSSR count). The number of carbonyl (C=O) groups excluding carboxylic acids is 2. The van der Waals surface area contributed by atoms with Gasteiger partial charge in [-0.1, -0.05) is 44.2 Å². The van der Waals surface area contributed by atoms with Crippen LogP contribution in [0.25, 0.3) is 44.5 Å². The van der Waals surface area contributed by atoms with Crippen molar-refractivity contribution in [3.05, 3.63) is 83.6 Å². The molecule has 5 atom stereocenters. The molecular formula is C43H45F2N7O3. The molecule has 2 aliphatic heterocycles. The Kier molecular flexibility index (Phi) is 7.63. The molecule has 3 aliphatic carbocycles. The molecule has 3 N–H and O–H groups in total. The number of H-pyrrole nitrogens is 2. The van der Waals surface area contributed by atoms with Crippen LogP contribution in [0.4, 0.5) is 13.6 Å². The fraction of sp³-hybridized carbons (Fsp3) is 0.442. The molecule has 5 aliphatic rings. The van der Waals surface area contributed by atoms with E-state index in [9.17, 15) is 9.59 Å². The van der Waals surface area contributed by atoms with Crippen LogP contribution in [0.15, 0.2) is 60.8 Å². The number of alkyl carbamates (subject to hydrolysis) is 1. The largest absolute Gasteiger partial charge is 0.453 e. The first-order valence-electron chi connectivity index (χ1n) is 19.5. The number of benzene rings is 3. The van der Waals surface area contributed by atoms with Gasteiger partial charge in [0.2, 0.25) is 5.91 Å². The molecule has 2 unspecified atom stereocenters. The molecule has 2 saturated carbocycles. The molecule has 12 heteroatoms. The summed E-state index contributed by atoms with van der Waals surface area (Å²) in [6.07, 6.45) is 7.52. The van der Waals surface area contributed by atoms with Crippen molar-refractivity contribution in [2.45, 2.75) is 82.5 Å². The zero-order chi connectivity index (χ0) is 38.0. The first-order valence-corrected chi connectivity index (χ1v) is 19.5. The van der Waals surface area contributed by atoms with E-state index < -0.39 is 18.1 Å². The normalized spacial score (nSPS) is 24.8. The van der Waals surface area contributed by atoms with Gasteiger partial charge in [0, 0.05) is 29.3 Å². The number of alkyl halides is 2. The number of ether oxygens (including phenoxy) is 1. The number of hydrogen-bond acceptors (Lipinski definition) is 6. The molecule has 2 amide bonds. The van der Waals surface area contributed by atoms with Crippen LogP contribution in [0.5, 0.6) is 0 Å². The minimum absolute atomic E-state index is 0.00781. The molecule has 2 saturated heterocycles. The lowest BCUT2D eigenvalue weighted by atomic mass is 9.98. The maximum atomic E-state index is 16.5. The quantitative estimate of drug-likeness (QED) is 0.154. The van der Waals surface area contributed by atoms with E-state index in [1.54, 1.807) is 24.4 Å². The van der Waals surface area contributed by atoms with E-state index in [1.165, 1.54) is 26.4 Å². The molecule has 5 aromatic rings. The number of aromatic amines is 2. The van der Waals surface area contributed by atoms with Crippen LogP contribution in [0.3, 0.4) is 0 Å². The second kappa shape index (κ2) is 12.2. The summed E-state index contributed by atoms with van der Waals surface area (Å²) >= 11 is 0. The summed E-state index contributed by atoms with van der Waals surface area (Å²) in [7, 11) is 3.47. The van der Waals surface area contributed by atoms with Gasteiger partial charge in [0.15, 0.2) is 0 Å². The van der Waals surface area contributed by atoms with Crippen LogP contribution >= 0.6 is 0 Å². The number of imidazole rings is 2. The number of piperidine rings is 1. The Morgan fingerprint density at radius 2 is 1.65 bits per heavy atom. The zero-order valence-corrected chi connectivity index (χ0v) is 31.5. The van der Waals surface area contributed by atoms with Crippen molar-refractivity contribution in [3.8, 4) is 33.5 Å². The molecule has 2 aromatic heterocycles. The maximum Gasteiger partial charge on any atom is 0.407 e. The average molecular weight is 746 g/mol. The minimum atomic E-state index is -3.21. The topological polar surface area (TPSA) is 119 Å². The number of fused-ring (bicyclic) bond motifs is 6. The van der Waals surface area contributed by atoms with E-state index in [0.29, 0.717) is 52.8 Å². The van der Waals surface area contributed by atoms with Crippen molar-refractivity contribution in [1.29, 1.82) is 0 Å². The molecular weight excluding hydrogens is 701 g/mol. The van der Waals surface area contributed by atoms with Gasteiger partial charge in [0.25, 0.3) is 5.92 Å². The van der Waals surface area contributed by atoms with Gasteiger partial charge in [-0.3, -0.25) is 9.69 Å². The molecule has 55 heavy (non-hydrogen) atoms. The van der Waals surface area contributed by atoms with Gasteiger partial charge in [-0.25, -0.2) is 14.8 Å². The molecule has 4 fully saturated rings. The van der Waals surface area contributed by atoms with Gasteiger partial charge >= 0.3 is 6.09 Å². The van der Waals surface area contributed by atoms with E-state index in [0.717, 1.165) is 47.2 Å². The number of amides is 2. The summed E-state index contributed by atoms with van der Waals surface area (Å²) in [5, 5.41) is 2.71.